The molecule has 0 aliphatic carbocycles. The molecule has 262 valence electrons. The minimum atomic E-state index is -3.68. The molecule has 1 saturated heterocycles. The molecule has 1 aliphatic rings. The Hall–Kier alpha value is -3.20. The van der Waals surface area contributed by atoms with Crippen molar-refractivity contribution in [3.05, 3.63) is 53.6 Å². The molecule has 0 spiro atoms. The van der Waals surface area contributed by atoms with Crippen molar-refractivity contribution in [1.82, 2.24) is 14.5 Å². The van der Waals surface area contributed by atoms with Gasteiger partial charge in [-0.2, -0.15) is 4.31 Å². The summed E-state index contributed by atoms with van der Waals surface area (Å²) in [6.07, 6.45) is 3.42. The van der Waals surface area contributed by atoms with E-state index in [1.54, 1.807) is 18.2 Å². The van der Waals surface area contributed by atoms with Crippen molar-refractivity contribution in [2.75, 3.05) is 49.1 Å². The van der Waals surface area contributed by atoms with E-state index in [1.165, 1.54) is 40.5 Å². The normalized spacial score (nSPS) is 15.1. The van der Waals surface area contributed by atoms with Gasteiger partial charge in [0, 0.05) is 44.5 Å². The second kappa shape index (κ2) is 15.8. The van der Waals surface area contributed by atoms with Crippen molar-refractivity contribution in [2.24, 2.45) is 11.8 Å². The summed E-state index contributed by atoms with van der Waals surface area (Å²) in [6, 6.07) is 10.9. The zero-order valence-electron chi connectivity index (χ0n) is 28.6. The summed E-state index contributed by atoms with van der Waals surface area (Å²) >= 11 is 0. The highest BCUT2D eigenvalue weighted by Gasteiger charge is 2.30. The number of hydrogen-bond donors (Lipinski definition) is 3. The van der Waals surface area contributed by atoms with E-state index in [0.717, 1.165) is 35.4 Å². The SMILES string of the molecule is CC(C)CC1CCN(S(=O)(=O)c2ccc(NC(=O)c3cc(CNCCCN(C(=O)O)C(C)(C)C)ccc3N(C)S(C)(=O)=O)cc2)CC1. The molecule has 0 bridgehead atoms. The molecule has 3 N–H and O–H groups in total. The van der Waals surface area contributed by atoms with Crippen molar-refractivity contribution < 1.29 is 31.5 Å². The van der Waals surface area contributed by atoms with Crippen molar-refractivity contribution in [2.45, 2.75) is 77.3 Å². The first-order valence-electron chi connectivity index (χ1n) is 16.0. The molecule has 47 heavy (non-hydrogen) atoms. The molecule has 2 aromatic rings. The number of nitrogens with one attached hydrogen (secondary N) is 2. The van der Waals surface area contributed by atoms with E-state index in [4.69, 9.17) is 0 Å². The molecule has 1 aliphatic heterocycles. The Morgan fingerprint density at radius 1 is 1.02 bits per heavy atom. The van der Waals surface area contributed by atoms with E-state index in [9.17, 15) is 31.5 Å². The molecule has 0 radical (unpaired) electrons. The molecule has 0 atom stereocenters. The third-order valence-corrected chi connectivity index (χ3v) is 11.5. The average Bonchev–Trinajstić information content (AvgIpc) is 2.97. The van der Waals surface area contributed by atoms with Crippen LogP contribution in [0.4, 0.5) is 16.2 Å². The lowest BCUT2D eigenvalue weighted by Gasteiger charge is -2.33. The van der Waals surface area contributed by atoms with Gasteiger partial charge in [0.15, 0.2) is 0 Å². The topological polar surface area (TPSA) is 156 Å². The van der Waals surface area contributed by atoms with E-state index in [1.807, 2.05) is 20.8 Å². The van der Waals surface area contributed by atoms with Crippen LogP contribution in [0, 0.1) is 11.8 Å². The number of sulfonamides is 2. The summed E-state index contributed by atoms with van der Waals surface area (Å²) in [5.41, 5.74) is 0.890. The van der Waals surface area contributed by atoms with E-state index >= 15 is 0 Å². The number of anilines is 2. The number of carbonyl (C=O) groups is 2. The monoisotopic (exact) mass is 693 g/mol. The number of amides is 2. The molecule has 1 heterocycles. The lowest BCUT2D eigenvalue weighted by Crippen LogP contribution is -2.45. The molecule has 1 fully saturated rings. The fraction of sp³-hybridized carbons (Fsp3) is 0.576. The van der Waals surface area contributed by atoms with Crippen molar-refractivity contribution in [3.63, 3.8) is 0 Å². The maximum absolute atomic E-state index is 13.5. The third-order valence-electron chi connectivity index (χ3n) is 8.38. The molecule has 0 aromatic heterocycles. The first-order valence-corrected chi connectivity index (χ1v) is 19.3. The average molecular weight is 694 g/mol. The molecular formula is C33H51N5O7S2. The van der Waals surface area contributed by atoms with Gasteiger partial charge in [-0.15, -0.1) is 0 Å². The summed E-state index contributed by atoms with van der Waals surface area (Å²) in [6.45, 7) is 12.1. The van der Waals surface area contributed by atoms with Gasteiger partial charge in [0.2, 0.25) is 20.0 Å². The number of piperidine rings is 1. The minimum absolute atomic E-state index is 0.128. The van der Waals surface area contributed by atoms with Gasteiger partial charge in [0.1, 0.15) is 0 Å². The number of carboxylic acid groups (broad SMARTS) is 1. The van der Waals surface area contributed by atoms with Crippen molar-refractivity contribution in [3.8, 4) is 0 Å². The Bertz CT molecular complexity index is 1600. The maximum Gasteiger partial charge on any atom is 0.407 e. The lowest BCUT2D eigenvalue weighted by molar-refractivity contribution is 0.0992. The number of benzene rings is 2. The molecule has 2 aromatic carbocycles. The van der Waals surface area contributed by atoms with Crippen LogP contribution in [-0.2, 0) is 26.6 Å². The first kappa shape index (κ1) is 38.2. The minimum Gasteiger partial charge on any atom is -0.465 e. The van der Waals surface area contributed by atoms with Gasteiger partial charge in [0.05, 0.1) is 22.4 Å². The Morgan fingerprint density at radius 2 is 1.64 bits per heavy atom. The summed E-state index contributed by atoms with van der Waals surface area (Å²) in [5.74, 6) is 0.556. The Morgan fingerprint density at radius 3 is 2.17 bits per heavy atom. The Labute approximate surface area is 280 Å². The van der Waals surface area contributed by atoms with Crippen LogP contribution in [0.2, 0.25) is 0 Å². The summed E-state index contributed by atoms with van der Waals surface area (Å²) in [5, 5.41) is 15.5. The highest BCUT2D eigenvalue weighted by molar-refractivity contribution is 7.92. The highest BCUT2D eigenvalue weighted by Crippen LogP contribution is 2.29. The molecule has 0 unspecified atom stereocenters. The van der Waals surface area contributed by atoms with E-state index in [0.29, 0.717) is 56.7 Å². The molecule has 3 rings (SSSR count). The largest absolute Gasteiger partial charge is 0.465 e. The number of carbonyl (C=O) groups excluding carboxylic acids is 1. The van der Waals surface area contributed by atoms with Crippen LogP contribution in [0.15, 0.2) is 47.4 Å². The lowest BCUT2D eigenvalue weighted by atomic mass is 9.89. The van der Waals surface area contributed by atoms with Gasteiger partial charge in [-0.1, -0.05) is 19.9 Å². The predicted octanol–water partition coefficient (Wildman–Crippen LogP) is 5.04. The van der Waals surface area contributed by atoms with Gasteiger partial charge in [-0.25, -0.2) is 21.6 Å². The van der Waals surface area contributed by atoms with Crippen LogP contribution in [0.1, 0.15) is 76.2 Å². The number of rotatable bonds is 14. The van der Waals surface area contributed by atoms with E-state index in [-0.39, 0.29) is 16.1 Å². The second-order valence-electron chi connectivity index (χ2n) is 13.7. The van der Waals surface area contributed by atoms with Gasteiger partial charge in [0.25, 0.3) is 5.91 Å². The molecule has 0 saturated carbocycles. The summed E-state index contributed by atoms with van der Waals surface area (Å²) in [4.78, 5) is 26.6. The van der Waals surface area contributed by atoms with Crippen LogP contribution >= 0.6 is 0 Å². The molecule has 14 heteroatoms. The summed E-state index contributed by atoms with van der Waals surface area (Å²) in [7, 11) is -5.98. The van der Waals surface area contributed by atoms with Crippen molar-refractivity contribution >= 4 is 43.4 Å². The van der Waals surface area contributed by atoms with Gasteiger partial charge in [-0.3, -0.25) is 9.10 Å². The highest BCUT2D eigenvalue weighted by atomic mass is 32.2. The van der Waals surface area contributed by atoms with Gasteiger partial charge >= 0.3 is 6.09 Å². The number of hydrogen-bond acceptors (Lipinski definition) is 7. The maximum atomic E-state index is 13.5. The quantitative estimate of drug-likeness (QED) is 0.233. The van der Waals surface area contributed by atoms with Crippen LogP contribution in [0.25, 0.3) is 0 Å². The smallest absolute Gasteiger partial charge is 0.407 e. The molecule has 12 nitrogen and oxygen atoms in total. The second-order valence-corrected chi connectivity index (χ2v) is 17.6. The Kier molecular flexibility index (Phi) is 12.9. The Balaban J connectivity index is 1.71. The zero-order chi connectivity index (χ0) is 35.2. The van der Waals surface area contributed by atoms with Crippen LogP contribution in [0.3, 0.4) is 0 Å². The standard InChI is InChI=1S/C33H51N5O7S2/c1-24(2)21-25-15-19-37(20-16-25)47(44,45)28-12-10-27(11-13-28)35-31(39)29-22-26(9-14-30(29)36(6)46(7,42)43)23-34-17-8-18-38(32(40)41)33(3,4)5/h9-14,22,24-25,34H,8,15-21,23H2,1-7H3,(H,35,39)(H,40,41). The molecule has 2 amide bonds. The van der Waals surface area contributed by atoms with Crippen LogP contribution in [-0.4, -0.2) is 88.2 Å². The van der Waals surface area contributed by atoms with Crippen LogP contribution < -0.4 is 14.9 Å². The predicted molar refractivity (Wildman–Crippen MR) is 186 cm³/mol. The van der Waals surface area contributed by atoms with E-state index in [2.05, 4.69) is 24.5 Å². The fourth-order valence-corrected chi connectivity index (χ4v) is 7.74. The first-order chi connectivity index (χ1) is 21.8. The third kappa shape index (κ3) is 10.6. The van der Waals surface area contributed by atoms with Gasteiger partial charge < -0.3 is 20.6 Å². The zero-order valence-corrected chi connectivity index (χ0v) is 30.2. The van der Waals surface area contributed by atoms with Crippen LogP contribution in [0.5, 0.6) is 0 Å². The van der Waals surface area contributed by atoms with Crippen molar-refractivity contribution in [1.29, 1.82) is 0 Å². The molecular weight excluding hydrogens is 643 g/mol. The summed E-state index contributed by atoms with van der Waals surface area (Å²) < 4.78 is 53.9. The van der Waals surface area contributed by atoms with E-state index < -0.39 is 37.6 Å². The van der Waals surface area contributed by atoms with Gasteiger partial charge in [-0.05, 0) is 107 Å². The number of nitrogens with zero attached hydrogens (tertiary/aromatic N) is 3. The fourth-order valence-electron chi connectivity index (χ4n) is 5.75.